The topological polar surface area (TPSA) is 3.24 Å². The highest BCUT2D eigenvalue weighted by Gasteiger charge is 2.45. The molecular formula is C53H35N. The summed E-state index contributed by atoms with van der Waals surface area (Å²) < 4.78 is 0. The van der Waals surface area contributed by atoms with E-state index in [1.54, 1.807) is 0 Å². The maximum absolute atomic E-state index is 3.87. The van der Waals surface area contributed by atoms with Crippen LogP contribution in [-0.4, -0.2) is 0 Å². The van der Waals surface area contributed by atoms with E-state index < -0.39 is 5.41 Å². The molecule has 1 heteroatoms. The molecule has 1 aliphatic rings. The Morgan fingerprint density at radius 2 is 1.00 bits per heavy atom. The highest BCUT2D eigenvalue weighted by molar-refractivity contribution is 6.08. The summed E-state index contributed by atoms with van der Waals surface area (Å²) in [7, 11) is 0. The molecule has 1 nitrogen and oxygen atoms in total. The van der Waals surface area contributed by atoms with Crippen molar-refractivity contribution in [3.63, 3.8) is 0 Å². The molecule has 252 valence electrons. The first kappa shape index (κ1) is 31.6. The second-order valence-electron chi connectivity index (χ2n) is 13.9. The van der Waals surface area contributed by atoms with Crippen LogP contribution in [0.3, 0.4) is 0 Å². The number of nitrogens with zero attached hydrogens (tertiary/aromatic N) is 1. The van der Waals surface area contributed by atoms with Gasteiger partial charge in [-0.05, 0) is 103 Å². The number of hydrogen-bond acceptors (Lipinski definition) is 1. The Morgan fingerprint density at radius 1 is 0.407 bits per heavy atom. The molecule has 54 heavy (non-hydrogen) atoms. The van der Waals surface area contributed by atoms with Gasteiger partial charge in [-0.15, -0.1) is 0 Å². The Balaban J connectivity index is 1.16. The van der Waals surface area contributed by atoms with E-state index >= 15 is 0 Å². The van der Waals surface area contributed by atoms with E-state index in [0.717, 1.165) is 28.2 Å². The third-order valence-electron chi connectivity index (χ3n) is 10.9. The lowest BCUT2D eigenvalue weighted by Gasteiger charge is -2.30. The molecule has 0 heterocycles. The van der Waals surface area contributed by atoms with E-state index in [4.69, 9.17) is 0 Å². The Labute approximate surface area is 316 Å². The summed E-state index contributed by atoms with van der Waals surface area (Å²) in [6.07, 6.45) is 0. The van der Waals surface area contributed by atoms with Gasteiger partial charge in [0.25, 0.3) is 0 Å². The summed E-state index contributed by atoms with van der Waals surface area (Å²) >= 11 is 0. The smallest absolute Gasteiger partial charge is 0.108 e. The van der Waals surface area contributed by atoms with Crippen molar-refractivity contribution in [1.82, 2.24) is 0 Å². The second kappa shape index (κ2) is 13.1. The minimum absolute atomic E-state index is 0.661. The third-order valence-corrected chi connectivity index (χ3v) is 10.9. The average molecular weight is 686 g/mol. The van der Waals surface area contributed by atoms with Gasteiger partial charge in [-0.25, -0.2) is 0 Å². The largest absolute Gasteiger partial charge is 0.310 e. The second-order valence-corrected chi connectivity index (χ2v) is 13.9. The molecule has 0 N–H and O–H groups in total. The molecule has 0 radical (unpaired) electrons. The quantitative estimate of drug-likeness (QED) is 0.129. The van der Waals surface area contributed by atoms with Crippen molar-refractivity contribution in [3.8, 4) is 34.1 Å². The van der Waals surface area contributed by atoms with Crippen LogP contribution in [0.25, 0.3) is 43.8 Å². The van der Waals surface area contributed by atoms with Gasteiger partial charge in [0.1, 0.15) is 5.41 Å². The SMILES string of the molecule is C(#CC1(c2ccccc2)c2ccccc2-c2c(N(c3ccccc3)c3ccc(-c4ccc5ccc6ccccc6c5c4)cc3)cccc21)c1ccccc1. The third kappa shape index (κ3) is 5.20. The molecule has 9 aromatic carbocycles. The molecular weight excluding hydrogens is 651 g/mol. The standard InChI is InChI=1S/C53H35N/c1-4-15-38(16-5-1)35-36-53(43-18-6-2-7-19-43)49-24-13-12-23-47(49)52-50(53)25-14-26-51(52)54(44-20-8-3-9-21-44)45-33-31-39(32-34-45)42-30-29-41-28-27-40-17-10-11-22-46(40)48(41)37-42/h1-34,37H. The summed E-state index contributed by atoms with van der Waals surface area (Å²) in [5.74, 6) is 7.47. The van der Waals surface area contributed by atoms with Gasteiger partial charge in [0.2, 0.25) is 0 Å². The Kier molecular flexibility index (Phi) is 7.68. The predicted molar refractivity (Wildman–Crippen MR) is 227 cm³/mol. The van der Waals surface area contributed by atoms with Crippen LogP contribution >= 0.6 is 0 Å². The van der Waals surface area contributed by atoms with E-state index in [0.29, 0.717) is 0 Å². The highest BCUT2D eigenvalue weighted by Crippen LogP contribution is 2.56. The molecule has 1 unspecified atom stereocenters. The molecule has 0 amide bonds. The number of rotatable bonds is 5. The highest BCUT2D eigenvalue weighted by atomic mass is 15.1. The number of fused-ring (bicyclic) bond motifs is 6. The normalized spacial score (nSPS) is 14.2. The molecule has 9 aromatic rings. The van der Waals surface area contributed by atoms with Gasteiger partial charge in [0, 0.05) is 22.5 Å². The monoisotopic (exact) mass is 685 g/mol. The molecule has 0 spiro atoms. The lowest BCUT2D eigenvalue weighted by Crippen LogP contribution is -2.25. The summed E-state index contributed by atoms with van der Waals surface area (Å²) in [6.45, 7) is 0. The van der Waals surface area contributed by atoms with Gasteiger partial charge in [0.05, 0.1) is 5.69 Å². The minimum Gasteiger partial charge on any atom is -0.310 e. The molecule has 0 bridgehead atoms. The Bertz CT molecular complexity index is 2860. The fraction of sp³-hybridized carbons (Fsp3) is 0.0189. The lowest BCUT2D eigenvalue weighted by molar-refractivity contribution is 0.837. The first-order valence-electron chi connectivity index (χ1n) is 18.5. The van der Waals surface area contributed by atoms with Gasteiger partial charge >= 0.3 is 0 Å². The van der Waals surface area contributed by atoms with E-state index in [2.05, 4.69) is 223 Å². The lowest BCUT2D eigenvalue weighted by atomic mass is 9.73. The van der Waals surface area contributed by atoms with E-state index in [1.165, 1.54) is 54.9 Å². The van der Waals surface area contributed by atoms with Crippen LogP contribution in [0.1, 0.15) is 22.3 Å². The van der Waals surface area contributed by atoms with Crippen LogP contribution in [0, 0.1) is 11.8 Å². The maximum Gasteiger partial charge on any atom is 0.108 e. The summed E-state index contributed by atoms with van der Waals surface area (Å²) in [5, 5.41) is 5.07. The average Bonchev–Trinajstić information content (AvgIpc) is 3.55. The van der Waals surface area contributed by atoms with Crippen molar-refractivity contribution < 1.29 is 0 Å². The van der Waals surface area contributed by atoms with Crippen molar-refractivity contribution in [2.75, 3.05) is 4.90 Å². The van der Waals surface area contributed by atoms with E-state index in [1.807, 2.05) is 6.07 Å². The van der Waals surface area contributed by atoms with Crippen molar-refractivity contribution in [3.05, 3.63) is 235 Å². The van der Waals surface area contributed by atoms with Crippen LogP contribution < -0.4 is 4.90 Å². The molecule has 1 atom stereocenters. The van der Waals surface area contributed by atoms with Crippen LogP contribution in [0.5, 0.6) is 0 Å². The van der Waals surface area contributed by atoms with Crippen LogP contribution in [0.15, 0.2) is 212 Å². The fourth-order valence-corrected chi connectivity index (χ4v) is 8.38. The molecule has 0 fully saturated rings. The minimum atomic E-state index is -0.661. The summed E-state index contributed by atoms with van der Waals surface area (Å²) in [4.78, 5) is 2.40. The maximum atomic E-state index is 3.87. The summed E-state index contributed by atoms with van der Waals surface area (Å²) in [6, 6.07) is 76.3. The van der Waals surface area contributed by atoms with Crippen molar-refractivity contribution in [1.29, 1.82) is 0 Å². The number of benzene rings is 9. The van der Waals surface area contributed by atoms with Crippen LogP contribution in [0.4, 0.5) is 17.1 Å². The molecule has 10 rings (SSSR count). The molecule has 1 aliphatic carbocycles. The zero-order valence-corrected chi connectivity index (χ0v) is 29.7. The first-order chi connectivity index (χ1) is 26.8. The Morgan fingerprint density at radius 3 is 1.80 bits per heavy atom. The molecule has 0 saturated heterocycles. The number of para-hydroxylation sites is 1. The molecule has 0 aliphatic heterocycles. The van der Waals surface area contributed by atoms with Crippen LogP contribution in [-0.2, 0) is 5.41 Å². The van der Waals surface area contributed by atoms with E-state index in [9.17, 15) is 0 Å². The van der Waals surface area contributed by atoms with Gasteiger partial charge in [-0.2, -0.15) is 0 Å². The number of hydrogen-bond donors (Lipinski definition) is 0. The van der Waals surface area contributed by atoms with Crippen molar-refractivity contribution in [2.24, 2.45) is 0 Å². The van der Waals surface area contributed by atoms with E-state index in [-0.39, 0.29) is 0 Å². The van der Waals surface area contributed by atoms with Crippen molar-refractivity contribution >= 4 is 38.6 Å². The fourth-order valence-electron chi connectivity index (χ4n) is 8.38. The number of anilines is 3. The van der Waals surface area contributed by atoms with Gasteiger partial charge < -0.3 is 4.90 Å². The first-order valence-corrected chi connectivity index (χ1v) is 18.5. The van der Waals surface area contributed by atoms with Gasteiger partial charge in [0.15, 0.2) is 0 Å². The van der Waals surface area contributed by atoms with Crippen molar-refractivity contribution in [2.45, 2.75) is 5.41 Å². The molecule has 0 saturated carbocycles. The zero-order valence-electron chi connectivity index (χ0n) is 29.7. The van der Waals surface area contributed by atoms with Gasteiger partial charge in [-0.1, -0.05) is 176 Å². The molecule has 0 aromatic heterocycles. The van der Waals surface area contributed by atoms with Gasteiger partial charge in [-0.3, -0.25) is 0 Å². The summed E-state index contributed by atoms with van der Waals surface area (Å²) in [5.41, 5.74) is 12.0. The zero-order chi connectivity index (χ0) is 35.9. The van der Waals surface area contributed by atoms with Crippen LogP contribution in [0.2, 0.25) is 0 Å². The predicted octanol–water partition coefficient (Wildman–Crippen LogP) is 13.5. The Hall–Kier alpha value is -7.14.